The summed E-state index contributed by atoms with van der Waals surface area (Å²) < 4.78 is 5.59. The summed E-state index contributed by atoms with van der Waals surface area (Å²) in [6.07, 6.45) is 6.85. The van der Waals surface area contributed by atoms with Crippen LogP contribution >= 0.6 is 0 Å². The maximum absolute atomic E-state index is 5.59. The van der Waals surface area contributed by atoms with Crippen molar-refractivity contribution in [3.63, 3.8) is 0 Å². The minimum Gasteiger partial charge on any atom is -0.378 e. The Labute approximate surface area is 93.0 Å². The highest BCUT2D eigenvalue weighted by atomic mass is 16.5. The van der Waals surface area contributed by atoms with Gasteiger partial charge in [-0.2, -0.15) is 0 Å². The molecule has 3 nitrogen and oxygen atoms in total. The number of hydrogen-bond donors (Lipinski definition) is 2. The molecule has 0 aromatic heterocycles. The predicted octanol–water partition coefficient (Wildman–Crippen LogP) is 1.29. The van der Waals surface area contributed by atoms with Crippen molar-refractivity contribution in [2.24, 2.45) is 0 Å². The summed E-state index contributed by atoms with van der Waals surface area (Å²) in [6.45, 7) is 6.68. The molecule has 2 rings (SSSR count). The molecule has 2 atom stereocenters. The van der Waals surface area contributed by atoms with Crippen LogP contribution in [0.4, 0.5) is 0 Å². The molecule has 2 heterocycles. The van der Waals surface area contributed by atoms with Gasteiger partial charge in [0.25, 0.3) is 0 Å². The summed E-state index contributed by atoms with van der Waals surface area (Å²) in [5, 5.41) is 7.12. The van der Waals surface area contributed by atoms with E-state index in [4.69, 9.17) is 4.74 Å². The standard InChI is InChI=1S/C12H24N2O/c1-12(6-3-7-14-12)10-13-8-5-11-4-2-9-15-11/h11,13-14H,2-10H2,1H3. The molecule has 2 fully saturated rings. The van der Waals surface area contributed by atoms with Gasteiger partial charge in [0.2, 0.25) is 0 Å². The Morgan fingerprint density at radius 2 is 2.40 bits per heavy atom. The lowest BCUT2D eigenvalue weighted by Gasteiger charge is -2.25. The summed E-state index contributed by atoms with van der Waals surface area (Å²) in [7, 11) is 0. The van der Waals surface area contributed by atoms with Gasteiger partial charge in [-0.25, -0.2) is 0 Å². The van der Waals surface area contributed by atoms with Gasteiger partial charge in [0, 0.05) is 18.7 Å². The van der Waals surface area contributed by atoms with E-state index in [0.717, 1.165) is 19.7 Å². The van der Waals surface area contributed by atoms with E-state index in [0.29, 0.717) is 11.6 Å². The van der Waals surface area contributed by atoms with E-state index in [1.807, 2.05) is 0 Å². The minimum absolute atomic E-state index is 0.344. The lowest BCUT2D eigenvalue weighted by Crippen LogP contribution is -2.46. The fourth-order valence-corrected chi connectivity index (χ4v) is 2.61. The van der Waals surface area contributed by atoms with E-state index in [9.17, 15) is 0 Å². The molecule has 0 saturated carbocycles. The van der Waals surface area contributed by atoms with Crippen molar-refractivity contribution < 1.29 is 4.74 Å². The lowest BCUT2D eigenvalue weighted by atomic mass is 10.0. The van der Waals surface area contributed by atoms with Crippen molar-refractivity contribution in [1.29, 1.82) is 0 Å². The third kappa shape index (κ3) is 3.44. The molecule has 0 spiro atoms. The summed E-state index contributed by atoms with van der Waals surface area (Å²) in [5.74, 6) is 0. The van der Waals surface area contributed by atoms with E-state index < -0.39 is 0 Å². The van der Waals surface area contributed by atoms with Crippen LogP contribution in [0.5, 0.6) is 0 Å². The predicted molar refractivity (Wildman–Crippen MR) is 62.1 cm³/mol. The maximum atomic E-state index is 5.59. The minimum atomic E-state index is 0.344. The average Bonchev–Trinajstić information content (AvgIpc) is 2.84. The first-order valence-electron chi connectivity index (χ1n) is 6.36. The second kappa shape index (κ2) is 5.28. The molecule has 0 aliphatic carbocycles. The largest absolute Gasteiger partial charge is 0.378 e. The van der Waals surface area contributed by atoms with Gasteiger partial charge in [-0.15, -0.1) is 0 Å². The van der Waals surface area contributed by atoms with Gasteiger partial charge < -0.3 is 15.4 Å². The molecule has 0 aromatic rings. The molecule has 2 aliphatic rings. The summed E-state index contributed by atoms with van der Waals surface area (Å²) in [6, 6.07) is 0. The second-order valence-electron chi connectivity index (χ2n) is 5.19. The van der Waals surface area contributed by atoms with Crippen molar-refractivity contribution >= 4 is 0 Å². The van der Waals surface area contributed by atoms with Crippen LogP contribution in [0.3, 0.4) is 0 Å². The van der Waals surface area contributed by atoms with Crippen molar-refractivity contribution in [2.75, 3.05) is 26.2 Å². The maximum Gasteiger partial charge on any atom is 0.0588 e. The summed E-state index contributed by atoms with van der Waals surface area (Å²) >= 11 is 0. The van der Waals surface area contributed by atoms with Crippen molar-refractivity contribution in [1.82, 2.24) is 10.6 Å². The molecule has 0 amide bonds. The highest BCUT2D eigenvalue weighted by Crippen LogP contribution is 2.17. The molecule has 0 aromatic carbocycles. The molecule has 0 bridgehead atoms. The molecule has 3 heteroatoms. The Hall–Kier alpha value is -0.120. The van der Waals surface area contributed by atoms with Gasteiger partial charge >= 0.3 is 0 Å². The molecule has 0 radical (unpaired) electrons. The lowest BCUT2D eigenvalue weighted by molar-refractivity contribution is 0.104. The Morgan fingerprint density at radius 3 is 3.07 bits per heavy atom. The second-order valence-corrected chi connectivity index (χ2v) is 5.19. The monoisotopic (exact) mass is 212 g/mol. The first kappa shape index (κ1) is 11.4. The van der Waals surface area contributed by atoms with E-state index in [1.54, 1.807) is 0 Å². The van der Waals surface area contributed by atoms with Crippen LogP contribution in [0.25, 0.3) is 0 Å². The topological polar surface area (TPSA) is 33.3 Å². The van der Waals surface area contributed by atoms with Crippen molar-refractivity contribution in [3.8, 4) is 0 Å². The van der Waals surface area contributed by atoms with Gasteiger partial charge in [0.05, 0.1) is 6.10 Å². The van der Waals surface area contributed by atoms with Gasteiger partial charge in [-0.1, -0.05) is 0 Å². The Bertz CT molecular complexity index is 184. The SMILES string of the molecule is CC1(CNCCC2CCCO2)CCCN1. The van der Waals surface area contributed by atoms with E-state index in [-0.39, 0.29) is 0 Å². The zero-order valence-electron chi connectivity index (χ0n) is 9.85. The Balaban J connectivity index is 1.54. The van der Waals surface area contributed by atoms with E-state index in [2.05, 4.69) is 17.6 Å². The van der Waals surface area contributed by atoms with Crippen LogP contribution in [-0.4, -0.2) is 37.9 Å². The third-order valence-corrected chi connectivity index (χ3v) is 3.64. The number of nitrogens with one attached hydrogen (secondary N) is 2. The first-order valence-corrected chi connectivity index (χ1v) is 6.36. The van der Waals surface area contributed by atoms with Crippen LogP contribution in [-0.2, 0) is 4.74 Å². The Morgan fingerprint density at radius 1 is 1.47 bits per heavy atom. The van der Waals surface area contributed by atoms with Crippen LogP contribution in [0.15, 0.2) is 0 Å². The molecule has 15 heavy (non-hydrogen) atoms. The quantitative estimate of drug-likeness (QED) is 0.674. The van der Waals surface area contributed by atoms with Crippen molar-refractivity contribution in [3.05, 3.63) is 0 Å². The van der Waals surface area contributed by atoms with Crippen LogP contribution in [0, 0.1) is 0 Å². The third-order valence-electron chi connectivity index (χ3n) is 3.64. The summed E-state index contributed by atoms with van der Waals surface area (Å²) in [5.41, 5.74) is 0.344. The molecule has 2 unspecified atom stereocenters. The van der Waals surface area contributed by atoms with Gasteiger partial charge in [-0.3, -0.25) is 0 Å². The smallest absolute Gasteiger partial charge is 0.0588 e. The van der Waals surface area contributed by atoms with Crippen LogP contribution in [0.2, 0.25) is 0 Å². The molecule has 2 N–H and O–H groups in total. The zero-order chi connectivity index (χ0) is 10.6. The fourth-order valence-electron chi connectivity index (χ4n) is 2.61. The van der Waals surface area contributed by atoms with Gasteiger partial charge in [-0.05, 0) is 52.1 Å². The van der Waals surface area contributed by atoms with Gasteiger partial charge in [0.15, 0.2) is 0 Å². The Kier molecular flexibility index (Phi) is 4.00. The molecular formula is C12H24N2O. The highest BCUT2D eigenvalue weighted by Gasteiger charge is 2.27. The fraction of sp³-hybridized carbons (Fsp3) is 1.00. The summed E-state index contributed by atoms with van der Waals surface area (Å²) in [4.78, 5) is 0. The van der Waals surface area contributed by atoms with Crippen LogP contribution < -0.4 is 10.6 Å². The first-order chi connectivity index (χ1) is 7.29. The number of rotatable bonds is 5. The molecule has 88 valence electrons. The average molecular weight is 212 g/mol. The van der Waals surface area contributed by atoms with E-state index >= 15 is 0 Å². The van der Waals surface area contributed by atoms with Crippen LogP contribution in [0.1, 0.15) is 39.0 Å². The van der Waals surface area contributed by atoms with Gasteiger partial charge in [0.1, 0.15) is 0 Å². The molecule has 2 saturated heterocycles. The van der Waals surface area contributed by atoms with E-state index in [1.165, 1.54) is 38.6 Å². The normalized spacial score (nSPS) is 36.2. The number of ether oxygens (including phenoxy) is 1. The molecule has 2 aliphatic heterocycles. The zero-order valence-corrected chi connectivity index (χ0v) is 9.85. The highest BCUT2D eigenvalue weighted by molar-refractivity contribution is 4.90. The van der Waals surface area contributed by atoms with Crippen molar-refractivity contribution in [2.45, 2.75) is 50.7 Å². The number of hydrogen-bond acceptors (Lipinski definition) is 3. The molecular weight excluding hydrogens is 188 g/mol.